The first-order chi connectivity index (χ1) is 7.30. The molecule has 1 aromatic carbocycles. The first kappa shape index (κ1) is 12.8. The lowest BCUT2D eigenvalue weighted by molar-refractivity contribution is -0.307. The fraction of sp³-hybridized carbons (Fsp3) is 0.222. The number of aryl methyl sites for hydroxylation is 1. The summed E-state index contributed by atoms with van der Waals surface area (Å²) in [6.07, 6.45) is 0. The molecule has 0 saturated carbocycles. The van der Waals surface area contributed by atoms with Gasteiger partial charge in [-0.1, -0.05) is 0 Å². The summed E-state index contributed by atoms with van der Waals surface area (Å²) in [6.45, 7) is 0.990. The van der Waals surface area contributed by atoms with Crippen molar-refractivity contribution in [3.05, 3.63) is 23.8 Å². The quantitative estimate of drug-likeness (QED) is 0.717. The Morgan fingerprint density at radius 2 is 2.12 bits per heavy atom. The minimum Gasteiger partial charge on any atom is -0.546 e. The molecule has 1 aromatic rings. The predicted molar refractivity (Wildman–Crippen MR) is 54.7 cm³/mol. The maximum Gasteiger partial charge on any atom is 0.261 e. The van der Waals surface area contributed by atoms with E-state index in [9.17, 15) is 18.3 Å². The van der Waals surface area contributed by atoms with Crippen LogP contribution in [0.25, 0.3) is 0 Å². The second-order valence-electron chi connectivity index (χ2n) is 3.03. The van der Waals surface area contributed by atoms with Crippen molar-refractivity contribution in [3.8, 4) is 5.75 Å². The molecule has 88 valence electrons. The van der Waals surface area contributed by atoms with Crippen molar-refractivity contribution in [3.63, 3.8) is 0 Å². The lowest BCUT2D eigenvalue weighted by Crippen LogP contribution is -2.29. The summed E-state index contributed by atoms with van der Waals surface area (Å²) < 4.78 is 26.8. The molecule has 1 rings (SSSR count). The molecule has 0 atom stereocenters. The molecule has 0 aliphatic rings. The molecule has 0 radical (unpaired) electrons. The summed E-state index contributed by atoms with van der Waals surface area (Å²) in [5, 5.41) is 10.2. The molecular formula is C9H8ClO5S-. The van der Waals surface area contributed by atoms with Crippen molar-refractivity contribution in [2.24, 2.45) is 0 Å². The Labute approximate surface area is 97.0 Å². The van der Waals surface area contributed by atoms with E-state index in [2.05, 4.69) is 0 Å². The van der Waals surface area contributed by atoms with Crippen LogP contribution in [0.4, 0.5) is 0 Å². The molecule has 0 fully saturated rings. The average Bonchev–Trinajstić information content (AvgIpc) is 2.14. The Hall–Kier alpha value is -1.27. The van der Waals surface area contributed by atoms with Crippen molar-refractivity contribution in [1.82, 2.24) is 0 Å². The van der Waals surface area contributed by atoms with Gasteiger partial charge in [-0.15, -0.1) is 0 Å². The van der Waals surface area contributed by atoms with Crippen LogP contribution in [0.2, 0.25) is 0 Å². The molecule has 0 amide bonds. The number of hydrogen-bond donors (Lipinski definition) is 0. The number of benzene rings is 1. The first-order valence-electron chi connectivity index (χ1n) is 4.18. The standard InChI is InChI=1S/C9H9ClO5S/c1-6-4-7(16(10,13)14)2-3-8(6)15-5-9(11)12/h2-4H,5H2,1H3,(H,11,12)/p-1. The number of halogens is 1. The van der Waals surface area contributed by atoms with Gasteiger partial charge in [0, 0.05) is 10.7 Å². The van der Waals surface area contributed by atoms with Gasteiger partial charge in [0.1, 0.15) is 12.4 Å². The van der Waals surface area contributed by atoms with Crippen molar-refractivity contribution in [1.29, 1.82) is 0 Å². The van der Waals surface area contributed by atoms with Gasteiger partial charge in [0.2, 0.25) is 0 Å². The number of carbonyl (C=O) groups is 1. The highest BCUT2D eigenvalue weighted by atomic mass is 35.7. The largest absolute Gasteiger partial charge is 0.546 e. The number of rotatable bonds is 4. The van der Waals surface area contributed by atoms with Crippen LogP contribution in [0.1, 0.15) is 5.56 Å². The van der Waals surface area contributed by atoms with Gasteiger partial charge in [0.25, 0.3) is 9.05 Å². The SMILES string of the molecule is Cc1cc(S(=O)(=O)Cl)ccc1OCC(=O)[O-]. The molecule has 0 aliphatic carbocycles. The van der Waals surface area contributed by atoms with Gasteiger partial charge in [0.15, 0.2) is 0 Å². The van der Waals surface area contributed by atoms with Crippen LogP contribution in [0, 0.1) is 6.92 Å². The van der Waals surface area contributed by atoms with E-state index in [1.54, 1.807) is 6.92 Å². The van der Waals surface area contributed by atoms with E-state index in [-0.39, 0.29) is 10.6 Å². The molecule has 5 nitrogen and oxygen atoms in total. The monoisotopic (exact) mass is 263 g/mol. The van der Waals surface area contributed by atoms with E-state index in [1.165, 1.54) is 18.2 Å². The van der Waals surface area contributed by atoms with Crippen LogP contribution in [-0.2, 0) is 13.8 Å². The summed E-state index contributed by atoms with van der Waals surface area (Å²) in [5.74, 6) is -1.08. The fourth-order valence-corrected chi connectivity index (χ4v) is 1.91. The van der Waals surface area contributed by atoms with Gasteiger partial charge < -0.3 is 14.6 Å². The van der Waals surface area contributed by atoms with Crippen LogP contribution in [-0.4, -0.2) is 21.0 Å². The fourth-order valence-electron chi connectivity index (χ4n) is 1.07. The summed E-state index contributed by atoms with van der Waals surface area (Å²) in [4.78, 5) is 10.1. The zero-order chi connectivity index (χ0) is 12.3. The molecular weight excluding hydrogens is 256 g/mol. The first-order valence-corrected chi connectivity index (χ1v) is 6.49. The molecule has 0 spiro atoms. The highest BCUT2D eigenvalue weighted by molar-refractivity contribution is 8.13. The third-order valence-electron chi connectivity index (χ3n) is 1.77. The number of carboxylic acid groups (broad SMARTS) is 1. The molecule has 0 saturated heterocycles. The lowest BCUT2D eigenvalue weighted by atomic mass is 10.2. The van der Waals surface area contributed by atoms with Crippen molar-refractivity contribution in [2.75, 3.05) is 6.61 Å². The van der Waals surface area contributed by atoms with Gasteiger partial charge in [-0.3, -0.25) is 0 Å². The molecule has 0 bridgehead atoms. The molecule has 0 aliphatic heterocycles. The maximum absolute atomic E-state index is 11.0. The van der Waals surface area contributed by atoms with Crippen LogP contribution in [0.3, 0.4) is 0 Å². The van der Waals surface area contributed by atoms with Gasteiger partial charge in [-0.2, -0.15) is 0 Å². The number of ether oxygens (including phenoxy) is 1. The Bertz CT molecular complexity index is 509. The number of carboxylic acids is 1. The van der Waals surface area contributed by atoms with E-state index < -0.39 is 21.6 Å². The van der Waals surface area contributed by atoms with Gasteiger partial charge in [0.05, 0.1) is 10.9 Å². The molecule has 0 unspecified atom stereocenters. The maximum atomic E-state index is 11.0. The van der Waals surface area contributed by atoms with E-state index in [4.69, 9.17) is 15.4 Å². The van der Waals surface area contributed by atoms with Crippen LogP contribution in [0.15, 0.2) is 23.1 Å². The Balaban J connectivity index is 2.96. The third kappa shape index (κ3) is 3.39. The molecule has 0 heterocycles. The third-order valence-corrected chi connectivity index (χ3v) is 3.12. The summed E-state index contributed by atoms with van der Waals surface area (Å²) in [7, 11) is 1.35. The lowest BCUT2D eigenvalue weighted by Gasteiger charge is -2.09. The smallest absolute Gasteiger partial charge is 0.261 e. The van der Waals surface area contributed by atoms with Crippen LogP contribution in [0.5, 0.6) is 5.75 Å². The predicted octanol–water partition coefficient (Wildman–Crippen LogP) is 0.0512. The van der Waals surface area contributed by atoms with Crippen LogP contribution >= 0.6 is 10.7 Å². The number of hydrogen-bond acceptors (Lipinski definition) is 5. The topological polar surface area (TPSA) is 83.5 Å². The van der Waals surface area contributed by atoms with Crippen LogP contribution < -0.4 is 9.84 Å². The van der Waals surface area contributed by atoms with Gasteiger partial charge in [-0.05, 0) is 30.7 Å². The molecule has 16 heavy (non-hydrogen) atoms. The second-order valence-corrected chi connectivity index (χ2v) is 5.59. The highest BCUT2D eigenvalue weighted by Gasteiger charge is 2.11. The van der Waals surface area contributed by atoms with Crippen molar-refractivity contribution < 1.29 is 23.1 Å². The normalized spacial score (nSPS) is 11.1. The van der Waals surface area contributed by atoms with Gasteiger partial charge >= 0.3 is 0 Å². The second kappa shape index (κ2) is 4.71. The van der Waals surface area contributed by atoms with Gasteiger partial charge in [-0.25, -0.2) is 8.42 Å². The van der Waals surface area contributed by atoms with E-state index in [0.29, 0.717) is 5.56 Å². The molecule has 0 N–H and O–H groups in total. The Morgan fingerprint density at radius 3 is 2.56 bits per heavy atom. The molecule has 0 aromatic heterocycles. The van der Waals surface area contributed by atoms with E-state index in [1.807, 2.05) is 0 Å². The number of aliphatic carboxylic acids is 1. The summed E-state index contributed by atoms with van der Waals surface area (Å²) in [5.41, 5.74) is 0.475. The zero-order valence-electron chi connectivity index (χ0n) is 8.27. The minimum absolute atomic E-state index is 0.0625. The van der Waals surface area contributed by atoms with E-state index in [0.717, 1.165) is 0 Å². The minimum atomic E-state index is -3.79. The Morgan fingerprint density at radius 1 is 1.50 bits per heavy atom. The number of carbonyl (C=O) groups excluding carboxylic acids is 1. The Kier molecular flexibility index (Phi) is 3.77. The zero-order valence-corrected chi connectivity index (χ0v) is 9.84. The summed E-state index contributed by atoms with van der Waals surface area (Å²) in [6, 6.07) is 3.88. The van der Waals surface area contributed by atoms with Crippen molar-refractivity contribution >= 4 is 25.7 Å². The summed E-state index contributed by atoms with van der Waals surface area (Å²) >= 11 is 0. The average molecular weight is 264 g/mol. The molecule has 7 heteroatoms. The highest BCUT2D eigenvalue weighted by Crippen LogP contribution is 2.23. The van der Waals surface area contributed by atoms with Crippen molar-refractivity contribution in [2.45, 2.75) is 11.8 Å². The van der Waals surface area contributed by atoms with E-state index >= 15 is 0 Å².